The molecule has 2 aliphatic heterocycles. The summed E-state index contributed by atoms with van der Waals surface area (Å²) in [4.78, 5) is 33.1. The largest absolute Gasteiger partial charge is 0.356 e. The number of rotatable bonds is 3. The van der Waals surface area contributed by atoms with Gasteiger partial charge < -0.3 is 14.3 Å². The molecule has 3 heterocycles. The SMILES string of the molecule is CCC(=O)N1CCC2CCCC(CN(C(=O)Cc3noc4ccccc34)Cc3ccccc31)N2C. The van der Waals surface area contributed by atoms with E-state index in [9.17, 15) is 9.59 Å². The number of anilines is 1. The van der Waals surface area contributed by atoms with E-state index in [1.807, 2.05) is 65.3 Å². The van der Waals surface area contributed by atoms with Crippen molar-refractivity contribution < 1.29 is 14.1 Å². The van der Waals surface area contributed by atoms with Gasteiger partial charge in [0, 0.05) is 49.2 Å². The third kappa shape index (κ3) is 4.82. The fourth-order valence-corrected chi connectivity index (χ4v) is 5.65. The maximum atomic E-state index is 13.8. The number of para-hydroxylation sites is 2. The molecule has 2 bridgehead atoms. The van der Waals surface area contributed by atoms with Crippen LogP contribution in [0.3, 0.4) is 0 Å². The monoisotopic (exact) mass is 474 g/mol. The minimum absolute atomic E-state index is 0.0296. The van der Waals surface area contributed by atoms with Crippen molar-refractivity contribution in [1.82, 2.24) is 15.0 Å². The van der Waals surface area contributed by atoms with Crippen LogP contribution in [0.1, 0.15) is 50.3 Å². The lowest BCUT2D eigenvalue weighted by Crippen LogP contribution is -2.51. The smallest absolute Gasteiger partial charge is 0.229 e. The minimum atomic E-state index is 0.0296. The second-order valence-electron chi connectivity index (χ2n) is 9.80. The Morgan fingerprint density at radius 3 is 2.63 bits per heavy atom. The van der Waals surface area contributed by atoms with Crippen LogP contribution < -0.4 is 4.90 Å². The Morgan fingerprint density at radius 1 is 1.00 bits per heavy atom. The zero-order chi connectivity index (χ0) is 24.4. The van der Waals surface area contributed by atoms with E-state index in [0.29, 0.717) is 49.4 Å². The molecule has 184 valence electrons. The van der Waals surface area contributed by atoms with Crippen molar-refractivity contribution in [2.24, 2.45) is 0 Å². The fourth-order valence-electron chi connectivity index (χ4n) is 5.65. The zero-order valence-electron chi connectivity index (χ0n) is 20.7. The van der Waals surface area contributed by atoms with Crippen molar-refractivity contribution >= 4 is 28.5 Å². The van der Waals surface area contributed by atoms with E-state index in [4.69, 9.17) is 4.52 Å². The summed E-state index contributed by atoms with van der Waals surface area (Å²) < 4.78 is 5.45. The summed E-state index contributed by atoms with van der Waals surface area (Å²) in [6, 6.07) is 16.4. The van der Waals surface area contributed by atoms with Gasteiger partial charge in [0.1, 0.15) is 5.69 Å². The minimum Gasteiger partial charge on any atom is -0.356 e. The quantitative estimate of drug-likeness (QED) is 0.563. The molecule has 7 nitrogen and oxygen atoms in total. The van der Waals surface area contributed by atoms with Crippen molar-refractivity contribution in [3.05, 3.63) is 59.8 Å². The number of hydrogen-bond acceptors (Lipinski definition) is 5. The molecular formula is C28H34N4O3. The first-order valence-corrected chi connectivity index (χ1v) is 12.8. The van der Waals surface area contributed by atoms with Crippen LogP contribution in [0.15, 0.2) is 53.1 Å². The van der Waals surface area contributed by atoms with Crippen LogP contribution in [-0.2, 0) is 22.6 Å². The molecule has 0 saturated carbocycles. The summed E-state index contributed by atoms with van der Waals surface area (Å²) in [6.07, 6.45) is 4.93. The van der Waals surface area contributed by atoms with E-state index >= 15 is 0 Å². The van der Waals surface area contributed by atoms with Crippen LogP contribution in [-0.4, -0.2) is 59.0 Å². The van der Waals surface area contributed by atoms with Crippen LogP contribution in [0.5, 0.6) is 0 Å². The molecule has 1 saturated heterocycles. The number of nitrogens with zero attached hydrogens (tertiary/aromatic N) is 4. The van der Waals surface area contributed by atoms with Gasteiger partial charge >= 0.3 is 0 Å². The summed E-state index contributed by atoms with van der Waals surface area (Å²) in [5.41, 5.74) is 3.29. The van der Waals surface area contributed by atoms with Crippen LogP contribution in [0.4, 0.5) is 5.69 Å². The van der Waals surface area contributed by atoms with Crippen molar-refractivity contribution in [3.8, 4) is 0 Å². The van der Waals surface area contributed by atoms with E-state index in [2.05, 4.69) is 17.1 Å². The lowest BCUT2D eigenvalue weighted by atomic mass is 9.93. The number of likely N-dealkylation sites (N-methyl/N-ethyl adjacent to an activating group) is 1. The molecule has 0 N–H and O–H groups in total. The Hall–Kier alpha value is -3.19. The summed E-state index contributed by atoms with van der Waals surface area (Å²) >= 11 is 0. The number of fused-ring (bicyclic) bond motifs is 4. The van der Waals surface area contributed by atoms with Crippen molar-refractivity contribution in [1.29, 1.82) is 0 Å². The fraction of sp³-hybridized carbons (Fsp3) is 0.464. The van der Waals surface area contributed by atoms with Crippen molar-refractivity contribution in [3.63, 3.8) is 0 Å². The number of carbonyl (C=O) groups is 2. The van der Waals surface area contributed by atoms with Crippen molar-refractivity contribution in [2.45, 2.75) is 64.1 Å². The van der Waals surface area contributed by atoms with Crippen LogP contribution >= 0.6 is 0 Å². The maximum absolute atomic E-state index is 13.8. The third-order valence-electron chi connectivity index (χ3n) is 7.71. The summed E-state index contributed by atoms with van der Waals surface area (Å²) in [6.45, 7) is 3.74. The highest BCUT2D eigenvalue weighted by molar-refractivity contribution is 5.94. The van der Waals surface area contributed by atoms with Gasteiger partial charge in [-0.2, -0.15) is 0 Å². The Balaban J connectivity index is 1.50. The Bertz CT molecular complexity index is 1210. The van der Waals surface area contributed by atoms with E-state index in [-0.39, 0.29) is 18.2 Å². The standard InChI is InChI=1S/C28H34N4O3/c1-3-27(33)32-16-15-21-10-8-11-22(30(21)2)19-31(18-20-9-4-6-13-25(20)32)28(34)17-24-23-12-5-7-14-26(23)35-29-24/h4-7,9,12-14,21-22H,3,8,10-11,15-19H2,1-2H3. The topological polar surface area (TPSA) is 69.9 Å². The van der Waals surface area contributed by atoms with Crippen LogP contribution in [0, 0.1) is 0 Å². The molecule has 2 aromatic carbocycles. The van der Waals surface area contributed by atoms with E-state index in [1.54, 1.807) is 0 Å². The number of benzene rings is 2. The Kier molecular flexibility index (Phi) is 6.86. The first-order valence-electron chi connectivity index (χ1n) is 12.8. The molecule has 7 heteroatoms. The van der Waals surface area contributed by atoms with Crippen molar-refractivity contribution in [2.75, 3.05) is 25.0 Å². The first kappa shape index (κ1) is 23.5. The predicted molar refractivity (Wildman–Crippen MR) is 136 cm³/mol. The second kappa shape index (κ2) is 10.2. The average Bonchev–Trinajstić information content (AvgIpc) is 3.28. The van der Waals surface area contributed by atoms with E-state index in [0.717, 1.165) is 42.3 Å². The molecule has 5 rings (SSSR count). The van der Waals surface area contributed by atoms with Gasteiger partial charge in [0.05, 0.1) is 6.42 Å². The van der Waals surface area contributed by atoms with E-state index in [1.165, 1.54) is 0 Å². The van der Waals surface area contributed by atoms with Gasteiger partial charge in [0.2, 0.25) is 11.8 Å². The predicted octanol–water partition coefficient (Wildman–Crippen LogP) is 4.40. The Labute approximate surface area is 206 Å². The van der Waals surface area contributed by atoms with Gasteiger partial charge in [-0.25, -0.2) is 0 Å². The van der Waals surface area contributed by atoms with Gasteiger partial charge in [-0.1, -0.05) is 48.8 Å². The summed E-state index contributed by atoms with van der Waals surface area (Å²) in [5, 5.41) is 5.09. The summed E-state index contributed by atoms with van der Waals surface area (Å²) in [7, 11) is 2.18. The third-order valence-corrected chi connectivity index (χ3v) is 7.71. The van der Waals surface area contributed by atoms with Gasteiger partial charge in [0.15, 0.2) is 5.58 Å². The molecule has 2 amide bonds. The van der Waals surface area contributed by atoms with Gasteiger partial charge in [0.25, 0.3) is 0 Å². The lowest BCUT2D eigenvalue weighted by molar-refractivity contribution is -0.132. The van der Waals surface area contributed by atoms with Crippen LogP contribution in [0.25, 0.3) is 11.0 Å². The molecule has 35 heavy (non-hydrogen) atoms. The molecular weight excluding hydrogens is 440 g/mol. The first-order chi connectivity index (χ1) is 17.0. The zero-order valence-corrected chi connectivity index (χ0v) is 20.7. The molecule has 0 spiro atoms. The van der Waals surface area contributed by atoms with Crippen LogP contribution in [0.2, 0.25) is 0 Å². The van der Waals surface area contributed by atoms with Gasteiger partial charge in [-0.3, -0.25) is 14.5 Å². The molecule has 1 fully saturated rings. The Morgan fingerprint density at radius 2 is 1.77 bits per heavy atom. The normalized spacial score (nSPS) is 21.4. The van der Waals surface area contributed by atoms with Gasteiger partial charge in [-0.15, -0.1) is 0 Å². The number of aromatic nitrogens is 1. The summed E-state index contributed by atoms with van der Waals surface area (Å²) in [5.74, 6) is 0.153. The number of hydrogen-bond donors (Lipinski definition) is 0. The highest BCUT2D eigenvalue weighted by atomic mass is 16.5. The highest BCUT2D eigenvalue weighted by Crippen LogP contribution is 2.30. The molecule has 0 radical (unpaired) electrons. The number of piperidine rings is 1. The lowest BCUT2D eigenvalue weighted by Gasteiger charge is -2.41. The molecule has 2 atom stereocenters. The average molecular weight is 475 g/mol. The second-order valence-corrected chi connectivity index (χ2v) is 9.80. The molecule has 1 aromatic heterocycles. The molecule has 3 aromatic rings. The molecule has 2 unspecified atom stereocenters. The maximum Gasteiger partial charge on any atom is 0.229 e. The molecule has 2 aliphatic rings. The molecule has 0 aliphatic carbocycles. The number of amides is 2. The van der Waals surface area contributed by atoms with Gasteiger partial charge in [-0.05, 0) is 50.1 Å². The van der Waals surface area contributed by atoms with E-state index < -0.39 is 0 Å². The number of carbonyl (C=O) groups excluding carboxylic acids is 2. The highest BCUT2D eigenvalue weighted by Gasteiger charge is 2.33.